The smallest absolute Gasteiger partial charge is 0.243 e. The van der Waals surface area contributed by atoms with Crippen LogP contribution in [0.25, 0.3) is 0 Å². The molecular formula is C27H27BrCl2N2O2. The van der Waals surface area contributed by atoms with E-state index in [4.69, 9.17) is 23.2 Å². The molecule has 3 aromatic rings. The Balaban J connectivity index is 1.96. The number of amides is 2. The summed E-state index contributed by atoms with van der Waals surface area (Å²) >= 11 is 15.7. The van der Waals surface area contributed by atoms with Crippen molar-refractivity contribution in [3.05, 3.63) is 104 Å². The summed E-state index contributed by atoms with van der Waals surface area (Å²) in [7, 11) is 0. The van der Waals surface area contributed by atoms with Crippen molar-refractivity contribution in [3.8, 4) is 0 Å². The molecule has 0 aromatic heterocycles. The number of benzene rings is 3. The summed E-state index contributed by atoms with van der Waals surface area (Å²) in [5.74, 6) is -0.325. The highest BCUT2D eigenvalue weighted by molar-refractivity contribution is 9.10. The molecule has 0 aliphatic carbocycles. The molecule has 2 amide bonds. The maximum atomic E-state index is 13.7. The monoisotopic (exact) mass is 560 g/mol. The van der Waals surface area contributed by atoms with Crippen molar-refractivity contribution in [1.29, 1.82) is 0 Å². The molecule has 3 rings (SSSR count). The van der Waals surface area contributed by atoms with E-state index in [0.717, 1.165) is 27.6 Å². The molecule has 0 unspecified atom stereocenters. The number of halogens is 3. The van der Waals surface area contributed by atoms with Crippen molar-refractivity contribution in [2.75, 3.05) is 6.54 Å². The van der Waals surface area contributed by atoms with Crippen LogP contribution in [0.5, 0.6) is 0 Å². The third-order valence-electron chi connectivity index (χ3n) is 5.40. The van der Waals surface area contributed by atoms with Gasteiger partial charge in [-0.05, 0) is 47.4 Å². The average molecular weight is 562 g/mol. The zero-order valence-corrected chi connectivity index (χ0v) is 22.0. The Labute approximate surface area is 219 Å². The van der Waals surface area contributed by atoms with Crippen LogP contribution in [0.15, 0.2) is 77.3 Å². The second kappa shape index (κ2) is 12.9. The Bertz CT molecular complexity index is 1120. The third kappa shape index (κ3) is 7.59. The molecule has 0 heterocycles. The SMILES string of the molecule is CCCNC(=O)[C@H](Cc1ccccc1)N(Cc1cccc(Br)c1)C(=O)Cc1ccc(Cl)c(Cl)c1. The Hall–Kier alpha value is -2.34. The molecule has 34 heavy (non-hydrogen) atoms. The van der Waals surface area contributed by atoms with Gasteiger partial charge in [0.15, 0.2) is 0 Å². The van der Waals surface area contributed by atoms with E-state index in [1.807, 2.05) is 61.5 Å². The molecule has 0 aliphatic heterocycles. The van der Waals surface area contributed by atoms with Crippen molar-refractivity contribution in [1.82, 2.24) is 10.2 Å². The average Bonchev–Trinajstić information content (AvgIpc) is 2.82. The Morgan fingerprint density at radius 2 is 1.65 bits per heavy atom. The van der Waals surface area contributed by atoms with Crippen molar-refractivity contribution in [2.45, 2.75) is 38.8 Å². The van der Waals surface area contributed by atoms with Gasteiger partial charge in [0, 0.05) is 24.0 Å². The molecule has 0 radical (unpaired) electrons. The maximum Gasteiger partial charge on any atom is 0.243 e. The summed E-state index contributed by atoms with van der Waals surface area (Å²) in [6, 6.07) is 22.0. The van der Waals surface area contributed by atoms with Crippen LogP contribution in [0.1, 0.15) is 30.0 Å². The highest BCUT2D eigenvalue weighted by Crippen LogP contribution is 2.24. The fourth-order valence-corrected chi connectivity index (χ4v) is 4.45. The number of carbonyl (C=O) groups is 2. The van der Waals surface area contributed by atoms with Gasteiger partial charge in [0.1, 0.15) is 6.04 Å². The van der Waals surface area contributed by atoms with Crippen LogP contribution in [0.4, 0.5) is 0 Å². The first-order chi connectivity index (χ1) is 16.4. The van der Waals surface area contributed by atoms with Crippen molar-refractivity contribution in [3.63, 3.8) is 0 Å². The van der Waals surface area contributed by atoms with Gasteiger partial charge in [-0.1, -0.05) is 94.6 Å². The van der Waals surface area contributed by atoms with Crippen LogP contribution in [0.3, 0.4) is 0 Å². The van der Waals surface area contributed by atoms with Gasteiger partial charge in [-0.25, -0.2) is 0 Å². The third-order valence-corrected chi connectivity index (χ3v) is 6.63. The maximum absolute atomic E-state index is 13.7. The first kappa shape index (κ1) is 26.3. The van der Waals surface area contributed by atoms with Gasteiger partial charge < -0.3 is 10.2 Å². The molecule has 4 nitrogen and oxygen atoms in total. The number of hydrogen-bond acceptors (Lipinski definition) is 2. The molecule has 0 spiro atoms. The molecule has 0 saturated heterocycles. The van der Waals surface area contributed by atoms with Gasteiger partial charge in [-0.15, -0.1) is 0 Å². The highest BCUT2D eigenvalue weighted by atomic mass is 79.9. The zero-order chi connectivity index (χ0) is 24.5. The van der Waals surface area contributed by atoms with Gasteiger partial charge in [-0.2, -0.15) is 0 Å². The van der Waals surface area contributed by atoms with Gasteiger partial charge in [0.2, 0.25) is 11.8 Å². The van der Waals surface area contributed by atoms with Crippen LogP contribution in [0, 0.1) is 0 Å². The summed E-state index contributed by atoms with van der Waals surface area (Å²) in [6.07, 6.45) is 1.33. The van der Waals surface area contributed by atoms with E-state index in [1.54, 1.807) is 23.1 Å². The van der Waals surface area contributed by atoms with Crippen LogP contribution >= 0.6 is 39.1 Å². The molecule has 0 fully saturated rings. The van der Waals surface area contributed by atoms with Crippen LogP contribution < -0.4 is 5.32 Å². The van der Waals surface area contributed by atoms with Crippen molar-refractivity contribution < 1.29 is 9.59 Å². The topological polar surface area (TPSA) is 49.4 Å². The minimum atomic E-state index is -0.664. The molecule has 0 bridgehead atoms. The molecular weight excluding hydrogens is 535 g/mol. The van der Waals surface area contributed by atoms with E-state index in [2.05, 4.69) is 21.2 Å². The second-order valence-electron chi connectivity index (χ2n) is 8.07. The minimum Gasteiger partial charge on any atom is -0.354 e. The summed E-state index contributed by atoms with van der Waals surface area (Å²) in [6.45, 7) is 2.85. The van der Waals surface area contributed by atoms with E-state index in [9.17, 15) is 9.59 Å². The van der Waals surface area contributed by atoms with Crippen molar-refractivity contribution >= 4 is 50.9 Å². The Kier molecular flexibility index (Phi) is 10.00. The fourth-order valence-electron chi connectivity index (χ4n) is 3.68. The van der Waals surface area contributed by atoms with E-state index < -0.39 is 6.04 Å². The predicted octanol–water partition coefficient (Wildman–Crippen LogP) is 6.46. The molecule has 1 atom stereocenters. The molecule has 3 aromatic carbocycles. The number of nitrogens with one attached hydrogen (secondary N) is 1. The first-order valence-corrected chi connectivity index (χ1v) is 12.7. The van der Waals surface area contributed by atoms with Crippen LogP contribution in [-0.2, 0) is 29.0 Å². The molecule has 7 heteroatoms. The number of rotatable bonds is 10. The number of hydrogen-bond donors (Lipinski definition) is 1. The molecule has 0 saturated carbocycles. The van der Waals surface area contributed by atoms with Gasteiger partial charge in [0.05, 0.1) is 16.5 Å². The van der Waals surface area contributed by atoms with E-state index in [1.165, 1.54) is 0 Å². The van der Waals surface area contributed by atoms with Crippen LogP contribution in [-0.4, -0.2) is 29.3 Å². The zero-order valence-electron chi connectivity index (χ0n) is 18.9. The highest BCUT2D eigenvalue weighted by Gasteiger charge is 2.30. The summed E-state index contributed by atoms with van der Waals surface area (Å²) < 4.78 is 0.914. The summed E-state index contributed by atoms with van der Waals surface area (Å²) in [4.78, 5) is 28.6. The van der Waals surface area contributed by atoms with Gasteiger partial charge in [-0.3, -0.25) is 9.59 Å². The molecule has 0 aliphatic rings. The normalized spacial score (nSPS) is 11.6. The van der Waals surface area contributed by atoms with E-state index in [0.29, 0.717) is 29.6 Å². The number of nitrogens with zero attached hydrogens (tertiary/aromatic N) is 1. The Morgan fingerprint density at radius 1 is 0.912 bits per heavy atom. The molecule has 178 valence electrons. The van der Waals surface area contributed by atoms with E-state index >= 15 is 0 Å². The molecule has 1 N–H and O–H groups in total. The lowest BCUT2D eigenvalue weighted by Crippen LogP contribution is -2.51. The van der Waals surface area contributed by atoms with Gasteiger partial charge >= 0.3 is 0 Å². The summed E-state index contributed by atoms with van der Waals surface area (Å²) in [5.41, 5.74) is 2.66. The predicted molar refractivity (Wildman–Crippen MR) is 142 cm³/mol. The largest absolute Gasteiger partial charge is 0.354 e. The van der Waals surface area contributed by atoms with Crippen LogP contribution in [0.2, 0.25) is 10.0 Å². The quantitative estimate of drug-likeness (QED) is 0.308. The lowest BCUT2D eigenvalue weighted by atomic mass is 10.0. The van der Waals surface area contributed by atoms with E-state index in [-0.39, 0.29) is 18.2 Å². The van der Waals surface area contributed by atoms with Gasteiger partial charge in [0.25, 0.3) is 0 Å². The van der Waals surface area contributed by atoms with Crippen molar-refractivity contribution in [2.24, 2.45) is 0 Å². The fraction of sp³-hybridized carbons (Fsp3) is 0.259. The number of carbonyl (C=O) groups excluding carboxylic acids is 2. The first-order valence-electron chi connectivity index (χ1n) is 11.2. The summed E-state index contributed by atoms with van der Waals surface area (Å²) in [5, 5.41) is 3.82. The standard InChI is InChI=1S/C27H27BrCl2N2O2/c1-2-13-31-27(34)25(16-19-7-4-3-5-8-19)32(18-21-9-6-10-22(28)14-21)26(33)17-20-11-12-23(29)24(30)15-20/h3-12,14-15,25H,2,13,16-18H2,1H3,(H,31,34)/t25-/m0/s1. The minimum absolute atomic E-state index is 0.108. The second-order valence-corrected chi connectivity index (χ2v) is 9.80. The Morgan fingerprint density at radius 3 is 2.32 bits per heavy atom. The lowest BCUT2D eigenvalue weighted by molar-refractivity contribution is -0.140. The lowest BCUT2D eigenvalue weighted by Gasteiger charge is -2.32.